The summed E-state index contributed by atoms with van der Waals surface area (Å²) in [5, 5.41) is 12.1. The van der Waals surface area contributed by atoms with Gasteiger partial charge in [0.2, 0.25) is 0 Å². The maximum Gasteiger partial charge on any atom is 0.291 e. The third-order valence-electron chi connectivity index (χ3n) is 5.22. The SMILES string of the molecule is Cc1cc(C(=O)N/N=C\C2=C(N3CCOCC3)C(=C\c3ccc(Cl)cc3Cl)/CC2)n[nH]1. The number of aromatic nitrogens is 2. The number of hydrazone groups is 1. The molecule has 0 atom stereocenters. The lowest BCUT2D eigenvalue weighted by Gasteiger charge is -2.31. The Morgan fingerprint density at radius 1 is 1.26 bits per heavy atom. The molecule has 2 N–H and O–H groups in total. The third kappa shape index (κ3) is 5.18. The fourth-order valence-electron chi connectivity index (χ4n) is 3.74. The second-order valence-electron chi connectivity index (χ2n) is 7.44. The van der Waals surface area contributed by atoms with Gasteiger partial charge in [0.15, 0.2) is 5.69 Å². The van der Waals surface area contributed by atoms with Crippen LogP contribution < -0.4 is 5.43 Å². The highest BCUT2D eigenvalue weighted by atomic mass is 35.5. The number of halogens is 2. The lowest BCUT2D eigenvalue weighted by atomic mass is 10.1. The van der Waals surface area contributed by atoms with Gasteiger partial charge in [0.05, 0.1) is 19.4 Å². The van der Waals surface area contributed by atoms with Gasteiger partial charge in [-0.1, -0.05) is 29.3 Å². The van der Waals surface area contributed by atoms with Crippen LogP contribution in [-0.4, -0.2) is 53.5 Å². The first-order valence-electron chi connectivity index (χ1n) is 10.1. The van der Waals surface area contributed by atoms with Crippen LogP contribution in [0.5, 0.6) is 0 Å². The average molecular weight is 460 g/mol. The van der Waals surface area contributed by atoms with E-state index in [1.165, 1.54) is 5.57 Å². The number of carbonyl (C=O) groups is 1. The first kappa shape index (κ1) is 21.6. The molecule has 2 aromatic rings. The second-order valence-corrected chi connectivity index (χ2v) is 8.29. The van der Waals surface area contributed by atoms with E-state index < -0.39 is 0 Å². The van der Waals surface area contributed by atoms with Crippen LogP contribution in [0.15, 0.2) is 46.2 Å². The van der Waals surface area contributed by atoms with Crippen LogP contribution >= 0.6 is 23.2 Å². The van der Waals surface area contributed by atoms with E-state index in [-0.39, 0.29) is 5.91 Å². The summed E-state index contributed by atoms with van der Waals surface area (Å²) < 4.78 is 5.52. The first-order chi connectivity index (χ1) is 15.0. The van der Waals surface area contributed by atoms with E-state index in [1.807, 2.05) is 19.1 Å². The molecular weight excluding hydrogens is 437 g/mol. The van der Waals surface area contributed by atoms with Crippen molar-refractivity contribution < 1.29 is 9.53 Å². The molecule has 1 saturated heterocycles. The average Bonchev–Trinajstić information content (AvgIpc) is 3.37. The Bertz CT molecular complexity index is 1070. The number of hydrogen-bond donors (Lipinski definition) is 2. The van der Waals surface area contributed by atoms with Crippen LogP contribution in [0.4, 0.5) is 0 Å². The van der Waals surface area contributed by atoms with Gasteiger partial charge in [-0.05, 0) is 60.8 Å². The van der Waals surface area contributed by atoms with E-state index in [1.54, 1.807) is 18.3 Å². The van der Waals surface area contributed by atoms with E-state index in [2.05, 4.69) is 31.7 Å². The minimum Gasteiger partial charge on any atom is -0.378 e. The number of morpholine rings is 1. The predicted molar refractivity (Wildman–Crippen MR) is 122 cm³/mol. The molecule has 162 valence electrons. The van der Waals surface area contributed by atoms with Crippen molar-refractivity contribution in [1.82, 2.24) is 20.5 Å². The Morgan fingerprint density at radius 3 is 2.77 bits per heavy atom. The number of nitrogens with zero attached hydrogens (tertiary/aromatic N) is 3. The monoisotopic (exact) mass is 459 g/mol. The number of H-pyrrole nitrogens is 1. The normalized spacial score (nSPS) is 18.4. The molecule has 0 radical (unpaired) electrons. The largest absolute Gasteiger partial charge is 0.378 e. The number of allylic oxidation sites excluding steroid dienone is 2. The predicted octanol–water partition coefficient (Wildman–Crippen LogP) is 4.20. The maximum absolute atomic E-state index is 12.2. The van der Waals surface area contributed by atoms with Crippen LogP contribution in [-0.2, 0) is 4.74 Å². The van der Waals surface area contributed by atoms with Crippen molar-refractivity contribution in [2.45, 2.75) is 19.8 Å². The Morgan fingerprint density at radius 2 is 2.06 bits per heavy atom. The molecule has 1 aromatic heterocycles. The molecule has 1 aromatic carbocycles. The molecule has 0 bridgehead atoms. The number of hydrogen-bond acceptors (Lipinski definition) is 5. The topological polar surface area (TPSA) is 82.6 Å². The fourth-order valence-corrected chi connectivity index (χ4v) is 4.20. The molecule has 1 aliphatic heterocycles. The molecule has 31 heavy (non-hydrogen) atoms. The van der Waals surface area contributed by atoms with E-state index in [0.29, 0.717) is 29.0 Å². The minimum absolute atomic E-state index is 0.307. The summed E-state index contributed by atoms with van der Waals surface area (Å²) in [7, 11) is 0. The molecule has 1 aliphatic carbocycles. The van der Waals surface area contributed by atoms with Crippen molar-refractivity contribution in [3.8, 4) is 0 Å². The summed E-state index contributed by atoms with van der Waals surface area (Å²) in [6.45, 7) is 4.80. The van der Waals surface area contributed by atoms with Crippen molar-refractivity contribution in [3.05, 3.63) is 68.1 Å². The molecule has 9 heteroatoms. The highest BCUT2D eigenvalue weighted by Gasteiger charge is 2.25. The number of aryl methyl sites for hydroxylation is 1. The molecule has 0 saturated carbocycles. The maximum atomic E-state index is 12.2. The van der Waals surface area contributed by atoms with Gasteiger partial charge in [0.25, 0.3) is 5.91 Å². The van der Waals surface area contributed by atoms with Gasteiger partial charge in [-0.25, -0.2) is 5.43 Å². The third-order valence-corrected chi connectivity index (χ3v) is 5.78. The molecular formula is C22H23Cl2N5O2. The molecule has 7 nitrogen and oxygen atoms in total. The van der Waals surface area contributed by atoms with Gasteiger partial charge in [0, 0.05) is 34.5 Å². The van der Waals surface area contributed by atoms with Crippen LogP contribution in [0.25, 0.3) is 6.08 Å². The molecule has 2 heterocycles. The quantitative estimate of drug-likeness (QED) is 0.518. The number of nitrogens with one attached hydrogen (secondary N) is 2. The lowest BCUT2D eigenvalue weighted by molar-refractivity contribution is 0.0548. The van der Waals surface area contributed by atoms with Gasteiger partial charge in [0.1, 0.15) is 0 Å². The molecule has 4 rings (SSSR count). The van der Waals surface area contributed by atoms with E-state index in [4.69, 9.17) is 27.9 Å². The Labute approximate surface area is 190 Å². The highest BCUT2D eigenvalue weighted by molar-refractivity contribution is 6.35. The summed E-state index contributed by atoms with van der Waals surface area (Å²) in [5.74, 6) is -0.351. The summed E-state index contributed by atoms with van der Waals surface area (Å²) in [5.41, 5.74) is 7.98. The summed E-state index contributed by atoms with van der Waals surface area (Å²) in [4.78, 5) is 14.5. The molecule has 2 aliphatic rings. The highest BCUT2D eigenvalue weighted by Crippen LogP contribution is 2.36. The smallest absolute Gasteiger partial charge is 0.291 e. The van der Waals surface area contributed by atoms with Crippen LogP contribution in [0.3, 0.4) is 0 Å². The Hall–Kier alpha value is -2.61. The van der Waals surface area contributed by atoms with Gasteiger partial charge < -0.3 is 9.64 Å². The van der Waals surface area contributed by atoms with Crippen molar-refractivity contribution in [1.29, 1.82) is 0 Å². The van der Waals surface area contributed by atoms with Gasteiger partial charge in [-0.2, -0.15) is 10.2 Å². The van der Waals surface area contributed by atoms with Gasteiger partial charge >= 0.3 is 0 Å². The number of amides is 1. The number of rotatable bonds is 5. The number of aromatic amines is 1. The fraction of sp³-hybridized carbons (Fsp3) is 0.318. The van der Waals surface area contributed by atoms with Gasteiger partial charge in [-0.3, -0.25) is 9.89 Å². The minimum atomic E-state index is -0.351. The molecule has 1 amide bonds. The summed E-state index contributed by atoms with van der Waals surface area (Å²) in [6, 6.07) is 7.18. The van der Waals surface area contributed by atoms with E-state index in [0.717, 1.165) is 48.5 Å². The standard InChI is InChI=1S/C22H23Cl2N5O2/c1-14-10-20(27-26-14)22(30)28-25-13-17-3-2-16(21(17)29-6-8-31-9-7-29)11-15-4-5-18(23)12-19(15)24/h4-5,10-13H,2-3,6-9H2,1H3,(H,26,27)(H,28,30)/b16-11-,25-13-. The number of carbonyl (C=O) groups excluding carboxylic acids is 1. The zero-order valence-corrected chi connectivity index (χ0v) is 18.6. The van der Waals surface area contributed by atoms with Crippen molar-refractivity contribution >= 4 is 41.4 Å². The molecule has 0 spiro atoms. The Balaban J connectivity index is 1.59. The number of ether oxygens (including phenoxy) is 1. The van der Waals surface area contributed by atoms with Crippen LogP contribution in [0, 0.1) is 6.92 Å². The van der Waals surface area contributed by atoms with E-state index in [9.17, 15) is 4.79 Å². The number of benzene rings is 1. The zero-order chi connectivity index (χ0) is 21.8. The van der Waals surface area contributed by atoms with Crippen molar-refractivity contribution in [2.24, 2.45) is 5.10 Å². The lowest BCUT2D eigenvalue weighted by Crippen LogP contribution is -2.36. The molecule has 1 fully saturated rings. The summed E-state index contributed by atoms with van der Waals surface area (Å²) in [6.07, 6.45) is 5.52. The zero-order valence-electron chi connectivity index (χ0n) is 17.1. The van der Waals surface area contributed by atoms with Crippen molar-refractivity contribution in [2.75, 3.05) is 26.3 Å². The van der Waals surface area contributed by atoms with Crippen LogP contribution in [0.1, 0.15) is 34.6 Å². The second kappa shape index (κ2) is 9.68. The summed E-state index contributed by atoms with van der Waals surface area (Å²) >= 11 is 12.4. The van der Waals surface area contributed by atoms with Gasteiger partial charge in [-0.15, -0.1) is 0 Å². The molecule has 0 unspecified atom stereocenters. The Kier molecular flexibility index (Phi) is 6.75. The van der Waals surface area contributed by atoms with Crippen molar-refractivity contribution in [3.63, 3.8) is 0 Å². The first-order valence-corrected chi connectivity index (χ1v) is 10.8. The van der Waals surface area contributed by atoms with E-state index >= 15 is 0 Å². The van der Waals surface area contributed by atoms with Crippen LogP contribution in [0.2, 0.25) is 10.0 Å².